The van der Waals surface area contributed by atoms with E-state index in [-0.39, 0.29) is 31.7 Å². The van der Waals surface area contributed by atoms with E-state index in [1.54, 1.807) is 24.3 Å². The normalized spacial score (nSPS) is 20.7. The van der Waals surface area contributed by atoms with Crippen LogP contribution in [0.1, 0.15) is 17.0 Å². The first kappa shape index (κ1) is 15.8. The van der Waals surface area contributed by atoms with Crippen LogP contribution in [0.3, 0.4) is 0 Å². The van der Waals surface area contributed by atoms with Crippen molar-refractivity contribution < 1.29 is 38.4 Å². The molecule has 27 heavy (non-hydrogen) atoms. The molecule has 8 heteroatoms. The van der Waals surface area contributed by atoms with Crippen LogP contribution in [0.2, 0.25) is 0 Å². The minimum atomic E-state index is -1.07. The van der Waals surface area contributed by atoms with Crippen LogP contribution >= 0.6 is 0 Å². The number of fused-ring (bicyclic) bond motifs is 2. The molecule has 138 valence electrons. The Balaban J connectivity index is 1.67. The summed E-state index contributed by atoms with van der Waals surface area (Å²) in [4.78, 5) is 24.7. The maximum atomic E-state index is 12.4. The molecule has 2 aromatic rings. The number of carbonyl (C=O) groups excluding carboxylic acids is 2. The number of esters is 1. The lowest BCUT2D eigenvalue weighted by Gasteiger charge is -2.22. The van der Waals surface area contributed by atoms with Gasteiger partial charge in [-0.05, 0) is 23.8 Å². The fourth-order valence-electron chi connectivity index (χ4n) is 3.63. The molecule has 2 atom stereocenters. The number of ketones is 1. The summed E-state index contributed by atoms with van der Waals surface area (Å²) in [6.07, 6.45) is 0. The molecule has 0 aromatic heterocycles. The molecule has 1 fully saturated rings. The first-order valence-electron chi connectivity index (χ1n) is 8.33. The van der Waals surface area contributed by atoms with Crippen molar-refractivity contribution in [2.24, 2.45) is 5.92 Å². The Kier molecular flexibility index (Phi) is 3.40. The summed E-state index contributed by atoms with van der Waals surface area (Å²) in [5.74, 6) is -0.986. The van der Waals surface area contributed by atoms with Gasteiger partial charge < -0.3 is 28.8 Å². The number of Topliss-reactive ketones (excluding diaryl/α,β-unsaturated/α-hetero) is 1. The molecule has 0 unspecified atom stereocenters. The van der Waals surface area contributed by atoms with Gasteiger partial charge in [0.25, 0.3) is 0 Å². The minimum Gasteiger partial charge on any atom is -0.508 e. The highest BCUT2D eigenvalue weighted by Gasteiger charge is 2.44. The van der Waals surface area contributed by atoms with E-state index in [2.05, 4.69) is 0 Å². The molecule has 0 aliphatic carbocycles. The zero-order chi connectivity index (χ0) is 18.5. The van der Waals surface area contributed by atoms with Crippen LogP contribution in [0, 0.1) is 5.92 Å². The minimum absolute atomic E-state index is 0.0390. The summed E-state index contributed by atoms with van der Waals surface area (Å²) in [5, 5.41) is 10.6. The zero-order valence-corrected chi connectivity index (χ0v) is 14.0. The number of phenols is 1. The van der Waals surface area contributed by atoms with Crippen molar-refractivity contribution in [1.29, 1.82) is 0 Å². The van der Waals surface area contributed by atoms with Gasteiger partial charge in [-0.15, -0.1) is 0 Å². The number of hydrogen-bond donors (Lipinski definition) is 1. The Morgan fingerprint density at radius 1 is 0.852 bits per heavy atom. The highest BCUT2D eigenvalue weighted by molar-refractivity contribution is 6.06. The fraction of sp³-hybridized carbons (Fsp3) is 0.263. The van der Waals surface area contributed by atoms with Crippen molar-refractivity contribution in [2.75, 3.05) is 20.2 Å². The van der Waals surface area contributed by atoms with Crippen LogP contribution in [0.15, 0.2) is 30.3 Å². The number of hydrogen-bond acceptors (Lipinski definition) is 8. The van der Waals surface area contributed by atoms with Crippen molar-refractivity contribution >= 4 is 11.8 Å². The molecule has 0 saturated carbocycles. The first-order valence-corrected chi connectivity index (χ1v) is 8.33. The van der Waals surface area contributed by atoms with Gasteiger partial charge in [0.05, 0.1) is 0 Å². The second-order valence-electron chi connectivity index (χ2n) is 6.41. The van der Waals surface area contributed by atoms with E-state index in [0.717, 1.165) is 0 Å². The summed E-state index contributed by atoms with van der Waals surface area (Å²) < 4.78 is 26.3. The monoisotopic (exact) mass is 370 g/mol. The predicted octanol–water partition coefficient (Wildman–Crippen LogP) is 1.72. The van der Waals surface area contributed by atoms with Gasteiger partial charge in [0.15, 0.2) is 35.4 Å². The summed E-state index contributed by atoms with van der Waals surface area (Å²) in [6.45, 7) is -0.143. The average molecular weight is 370 g/mol. The molecule has 1 N–H and O–H groups in total. The molecule has 1 saturated heterocycles. The Bertz CT molecular complexity index is 950. The zero-order valence-electron chi connectivity index (χ0n) is 14.0. The second kappa shape index (κ2) is 5.80. The lowest BCUT2D eigenvalue weighted by molar-refractivity contribution is -0.141. The van der Waals surface area contributed by atoms with Crippen LogP contribution in [0.25, 0.3) is 0 Å². The van der Waals surface area contributed by atoms with Crippen LogP contribution < -0.4 is 18.9 Å². The van der Waals surface area contributed by atoms with E-state index in [1.807, 2.05) is 0 Å². The van der Waals surface area contributed by atoms with E-state index in [9.17, 15) is 14.7 Å². The van der Waals surface area contributed by atoms with Gasteiger partial charge in [0.1, 0.15) is 11.7 Å². The van der Waals surface area contributed by atoms with Gasteiger partial charge in [-0.25, -0.2) is 0 Å². The number of ether oxygens (including phenoxy) is 5. The van der Waals surface area contributed by atoms with Crippen LogP contribution in [-0.4, -0.2) is 37.1 Å². The Labute approximate surface area is 153 Å². The molecule has 3 aliphatic heterocycles. The number of carbonyl (C=O) groups is 2. The van der Waals surface area contributed by atoms with Crippen LogP contribution in [0.5, 0.6) is 28.7 Å². The Hall–Kier alpha value is -3.42. The molecule has 3 aliphatic rings. The van der Waals surface area contributed by atoms with Crippen molar-refractivity contribution in [2.45, 2.75) is 5.92 Å². The molecular formula is C19H14O8. The molecule has 0 bridgehead atoms. The van der Waals surface area contributed by atoms with E-state index in [0.29, 0.717) is 34.1 Å². The molecular weight excluding hydrogens is 356 g/mol. The Morgan fingerprint density at radius 3 is 2.22 bits per heavy atom. The SMILES string of the molecule is O=C1COC(=O)[C@@H]1[C@H](c1ccc2c(c1)OCO2)c1cc2c(cc1O)OCO2. The smallest absolute Gasteiger partial charge is 0.318 e. The average Bonchev–Trinajstić information content (AvgIpc) is 3.37. The summed E-state index contributed by atoms with van der Waals surface area (Å²) >= 11 is 0. The van der Waals surface area contributed by atoms with Gasteiger partial charge in [0, 0.05) is 17.5 Å². The van der Waals surface area contributed by atoms with Gasteiger partial charge >= 0.3 is 5.97 Å². The quantitative estimate of drug-likeness (QED) is 0.644. The molecule has 8 nitrogen and oxygen atoms in total. The standard InChI is InChI=1S/C19H14O8/c20-11-5-16-15(26-8-27-16)4-10(11)17(18-12(21)6-23-19(18)22)9-1-2-13-14(3-9)25-7-24-13/h1-5,17-18,20H,6-8H2/t17-,18+/m1/s1. The number of benzene rings is 2. The summed E-state index contributed by atoms with van der Waals surface area (Å²) in [7, 11) is 0. The summed E-state index contributed by atoms with van der Waals surface area (Å²) in [5.41, 5.74) is 0.987. The van der Waals surface area contributed by atoms with E-state index < -0.39 is 17.8 Å². The molecule has 0 radical (unpaired) electrons. The van der Waals surface area contributed by atoms with E-state index >= 15 is 0 Å². The van der Waals surface area contributed by atoms with Gasteiger partial charge in [-0.2, -0.15) is 0 Å². The molecule has 2 aromatic carbocycles. The van der Waals surface area contributed by atoms with Gasteiger partial charge in [-0.3, -0.25) is 9.59 Å². The first-order chi connectivity index (χ1) is 13.1. The van der Waals surface area contributed by atoms with Gasteiger partial charge in [0.2, 0.25) is 13.6 Å². The fourth-order valence-corrected chi connectivity index (χ4v) is 3.63. The lowest BCUT2D eigenvalue weighted by atomic mass is 9.78. The van der Waals surface area contributed by atoms with Crippen molar-refractivity contribution in [1.82, 2.24) is 0 Å². The van der Waals surface area contributed by atoms with Crippen molar-refractivity contribution in [3.63, 3.8) is 0 Å². The third-order valence-corrected chi connectivity index (χ3v) is 4.90. The van der Waals surface area contributed by atoms with E-state index in [4.69, 9.17) is 23.7 Å². The van der Waals surface area contributed by atoms with E-state index in [1.165, 1.54) is 6.07 Å². The number of cyclic esters (lactones) is 1. The maximum absolute atomic E-state index is 12.4. The number of rotatable bonds is 3. The largest absolute Gasteiger partial charge is 0.508 e. The summed E-state index contributed by atoms with van der Waals surface area (Å²) in [6, 6.07) is 8.16. The number of aromatic hydroxyl groups is 1. The third-order valence-electron chi connectivity index (χ3n) is 4.90. The number of phenolic OH excluding ortho intramolecular Hbond substituents is 1. The second-order valence-corrected chi connectivity index (χ2v) is 6.41. The van der Waals surface area contributed by atoms with Crippen molar-refractivity contribution in [3.05, 3.63) is 41.5 Å². The molecule has 3 heterocycles. The lowest BCUT2D eigenvalue weighted by Crippen LogP contribution is -2.25. The third kappa shape index (κ3) is 2.44. The predicted molar refractivity (Wildman–Crippen MR) is 88.1 cm³/mol. The topological polar surface area (TPSA) is 101 Å². The Morgan fingerprint density at radius 2 is 1.52 bits per heavy atom. The molecule has 5 rings (SSSR count). The highest BCUT2D eigenvalue weighted by atomic mass is 16.7. The molecule has 0 amide bonds. The van der Waals surface area contributed by atoms with Crippen LogP contribution in [-0.2, 0) is 14.3 Å². The van der Waals surface area contributed by atoms with Crippen LogP contribution in [0.4, 0.5) is 0 Å². The van der Waals surface area contributed by atoms with Gasteiger partial charge in [-0.1, -0.05) is 6.07 Å². The highest BCUT2D eigenvalue weighted by Crippen LogP contribution is 2.47. The van der Waals surface area contributed by atoms with Crippen molar-refractivity contribution in [3.8, 4) is 28.7 Å². The maximum Gasteiger partial charge on any atom is 0.318 e. The molecule has 0 spiro atoms.